The third-order valence-corrected chi connectivity index (χ3v) is 19.5. The van der Waals surface area contributed by atoms with E-state index >= 15 is 0 Å². The number of benzene rings is 13. The summed E-state index contributed by atoms with van der Waals surface area (Å²) >= 11 is 0. The van der Waals surface area contributed by atoms with Crippen LogP contribution in [0.25, 0.3) is 176 Å². The highest BCUT2D eigenvalue weighted by Gasteiger charge is 2.27. The van der Waals surface area contributed by atoms with Crippen molar-refractivity contribution < 1.29 is 0 Å². The molecular formula is C84H50N8. The lowest BCUT2D eigenvalue weighted by molar-refractivity contribution is 1.12. The molecule has 0 radical (unpaired) electrons. The molecule has 92 heavy (non-hydrogen) atoms. The summed E-state index contributed by atoms with van der Waals surface area (Å²) in [5.41, 5.74) is 21.1. The standard InChI is InChI=1S/C84H50N8/c85-51-52-19-17-36-81(91-77-42-38-53(87-69-28-9-1-20-57(69)58-21-2-10-29-70(58)87)47-65(77)66-48-54(39-43-78(66)91)88-71-30-11-3-22-59(71)60-23-4-12-31-72(60)88)83(52)84-82(37-18-46-86-84)92-79-44-40-55(89-73-32-13-5-24-61(73)62-25-6-14-33-74(62)89)49-67(79)68-50-56(41-45-80(68)92)90-75-34-15-7-26-63(75)64-27-8-16-35-76(64)90/h1-50H. The van der Waals surface area contributed by atoms with E-state index in [0.717, 1.165) is 127 Å². The van der Waals surface area contributed by atoms with Gasteiger partial charge in [0.2, 0.25) is 0 Å². The zero-order valence-electron chi connectivity index (χ0n) is 49.4. The third-order valence-electron chi connectivity index (χ3n) is 19.5. The lowest BCUT2D eigenvalue weighted by Crippen LogP contribution is -2.05. The van der Waals surface area contributed by atoms with Crippen LogP contribution in [0.15, 0.2) is 303 Å². The molecule has 8 heteroatoms. The number of rotatable bonds is 7. The van der Waals surface area contributed by atoms with E-state index in [-0.39, 0.29) is 0 Å². The van der Waals surface area contributed by atoms with E-state index in [1.54, 1.807) is 0 Å². The van der Waals surface area contributed by atoms with Crippen LogP contribution in [-0.2, 0) is 0 Å². The smallest absolute Gasteiger partial charge is 0.0999 e. The fraction of sp³-hybridized carbons (Fsp3) is 0. The lowest BCUT2D eigenvalue weighted by atomic mass is 10.00. The first-order valence-corrected chi connectivity index (χ1v) is 31.3. The summed E-state index contributed by atoms with van der Waals surface area (Å²) in [5, 5.41) is 25.6. The molecule has 13 aromatic carbocycles. The van der Waals surface area contributed by atoms with Gasteiger partial charge in [-0.05, 0) is 146 Å². The van der Waals surface area contributed by atoms with Crippen molar-refractivity contribution >= 4 is 131 Å². The molecule has 0 saturated heterocycles. The summed E-state index contributed by atoms with van der Waals surface area (Å²) in [6.07, 6.45) is 1.87. The molecule has 7 heterocycles. The van der Waals surface area contributed by atoms with Gasteiger partial charge in [-0.1, -0.05) is 152 Å². The molecule has 0 aliphatic heterocycles. The minimum atomic E-state index is 0.518. The molecule has 8 nitrogen and oxygen atoms in total. The predicted octanol–water partition coefficient (Wildman–Crippen LogP) is 21.2. The van der Waals surface area contributed by atoms with Crippen LogP contribution < -0.4 is 0 Å². The van der Waals surface area contributed by atoms with Crippen LogP contribution in [0.5, 0.6) is 0 Å². The first kappa shape index (κ1) is 50.3. The average Bonchev–Trinajstić information content (AvgIpc) is 1.56. The van der Waals surface area contributed by atoms with Crippen molar-refractivity contribution in [1.29, 1.82) is 5.26 Å². The number of nitriles is 1. The molecule has 0 N–H and O–H groups in total. The zero-order chi connectivity index (χ0) is 60.3. The molecular weight excluding hydrogens is 1120 g/mol. The van der Waals surface area contributed by atoms with Gasteiger partial charge in [0.25, 0.3) is 0 Å². The molecule has 7 aromatic heterocycles. The van der Waals surface area contributed by atoms with Gasteiger partial charge < -0.3 is 27.4 Å². The summed E-state index contributed by atoms with van der Waals surface area (Å²) in [6.45, 7) is 0. The van der Waals surface area contributed by atoms with Gasteiger partial charge in [-0.3, -0.25) is 4.98 Å². The number of hydrogen-bond acceptors (Lipinski definition) is 2. The summed E-state index contributed by atoms with van der Waals surface area (Å²) in [5.74, 6) is 0. The van der Waals surface area contributed by atoms with E-state index in [2.05, 4.69) is 313 Å². The van der Waals surface area contributed by atoms with E-state index in [0.29, 0.717) is 11.3 Å². The second kappa shape index (κ2) is 19.2. The van der Waals surface area contributed by atoms with Crippen LogP contribution in [0.2, 0.25) is 0 Å². The maximum absolute atomic E-state index is 11.6. The Labute approximate surface area is 526 Å². The molecule has 0 aliphatic rings. The van der Waals surface area contributed by atoms with Crippen molar-refractivity contribution in [3.63, 3.8) is 0 Å². The quantitative estimate of drug-likeness (QED) is 0.160. The Hall–Kier alpha value is -12.7. The summed E-state index contributed by atoms with van der Waals surface area (Å²) in [6, 6.07) is 110. The Bertz CT molecular complexity index is 6050. The van der Waals surface area contributed by atoms with Crippen LogP contribution in [0.1, 0.15) is 5.56 Å². The molecule has 0 spiro atoms. The Morgan fingerprint density at radius 2 is 0.489 bits per heavy atom. The molecule has 0 saturated carbocycles. The largest absolute Gasteiger partial charge is 0.309 e. The van der Waals surface area contributed by atoms with Gasteiger partial charge >= 0.3 is 0 Å². The number of pyridine rings is 1. The molecule has 426 valence electrons. The van der Waals surface area contributed by atoms with Gasteiger partial charge in [-0.2, -0.15) is 5.26 Å². The number of aromatic nitrogens is 7. The topological polar surface area (TPSA) is 66.3 Å². The molecule has 0 fully saturated rings. The fourth-order valence-corrected chi connectivity index (χ4v) is 15.7. The van der Waals surface area contributed by atoms with Crippen LogP contribution in [0.4, 0.5) is 0 Å². The fourth-order valence-electron chi connectivity index (χ4n) is 15.7. The van der Waals surface area contributed by atoms with Crippen molar-refractivity contribution in [3.05, 3.63) is 309 Å². The predicted molar refractivity (Wildman–Crippen MR) is 380 cm³/mol. The second-order valence-corrected chi connectivity index (χ2v) is 24.1. The van der Waals surface area contributed by atoms with E-state index in [1.807, 2.05) is 24.4 Å². The van der Waals surface area contributed by atoms with Gasteiger partial charge in [-0.15, -0.1) is 0 Å². The van der Waals surface area contributed by atoms with Gasteiger partial charge in [0.1, 0.15) is 0 Å². The molecule has 20 rings (SSSR count). The Morgan fingerprint density at radius 3 is 0.783 bits per heavy atom. The van der Waals surface area contributed by atoms with Crippen molar-refractivity contribution in [2.75, 3.05) is 0 Å². The molecule has 0 bridgehead atoms. The first-order chi connectivity index (χ1) is 45.6. The molecule has 0 aliphatic carbocycles. The minimum absolute atomic E-state index is 0.518. The van der Waals surface area contributed by atoms with Gasteiger partial charge in [-0.25, -0.2) is 0 Å². The van der Waals surface area contributed by atoms with Crippen LogP contribution in [-0.4, -0.2) is 32.4 Å². The zero-order valence-corrected chi connectivity index (χ0v) is 49.4. The van der Waals surface area contributed by atoms with Crippen LogP contribution >= 0.6 is 0 Å². The van der Waals surface area contributed by atoms with Crippen molar-refractivity contribution in [3.8, 4) is 51.5 Å². The molecule has 20 aromatic rings. The highest BCUT2D eigenvalue weighted by Crippen LogP contribution is 2.46. The van der Waals surface area contributed by atoms with Gasteiger partial charge in [0.15, 0.2) is 0 Å². The average molecular weight is 1170 g/mol. The van der Waals surface area contributed by atoms with E-state index in [1.165, 1.54) is 43.1 Å². The second-order valence-electron chi connectivity index (χ2n) is 24.1. The van der Waals surface area contributed by atoms with E-state index in [9.17, 15) is 5.26 Å². The highest BCUT2D eigenvalue weighted by molar-refractivity contribution is 6.17. The maximum Gasteiger partial charge on any atom is 0.0999 e. The van der Waals surface area contributed by atoms with Crippen molar-refractivity contribution in [2.24, 2.45) is 0 Å². The van der Waals surface area contributed by atoms with E-state index < -0.39 is 0 Å². The number of nitrogens with zero attached hydrogens (tertiary/aromatic N) is 8. The van der Waals surface area contributed by atoms with Gasteiger partial charge in [0.05, 0.1) is 94.9 Å². The Morgan fingerprint density at radius 1 is 0.228 bits per heavy atom. The third kappa shape index (κ3) is 6.96. The number of para-hydroxylation sites is 8. The minimum Gasteiger partial charge on any atom is -0.309 e. The monoisotopic (exact) mass is 1170 g/mol. The summed E-state index contributed by atoms with van der Waals surface area (Å²) in [7, 11) is 0. The van der Waals surface area contributed by atoms with Crippen molar-refractivity contribution in [1.82, 2.24) is 32.4 Å². The van der Waals surface area contributed by atoms with Crippen molar-refractivity contribution in [2.45, 2.75) is 0 Å². The molecule has 0 atom stereocenters. The number of hydrogen-bond donors (Lipinski definition) is 0. The normalized spacial score (nSPS) is 12.1. The number of fused-ring (bicyclic) bond motifs is 18. The summed E-state index contributed by atoms with van der Waals surface area (Å²) < 4.78 is 14.3. The van der Waals surface area contributed by atoms with Crippen LogP contribution in [0, 0.1) is 11.3 Å². The summed E-state index contributed by atoms with van der Waals surface area (Å²) in [4.78, 5) is 5.42. The molecule has 0 amide bonds. The molecule has 0 unspecified atom stereocenters. The highest BCUT2D eigenvalue weighted by atomic mass is 15.0. The Kier molecular flexibility index (Phi) is 10.5. The van der Waals surface area contributed by atoms with E-state index in [4.69, 9.17) is 4.98 Å². The first-order valence-electron chi connectivity index (χ1n) is 31.3. The maximum atomic E-state index is 11.6. The SMILES string of the molecule is N#Cc1cccc(-n2c3ccc(-n4c5ccccc5c5ccccc54)cc3c3cc(-n4c5ccccc5c5ccccc54)ccc32)c1-c1ncccc1-n1c2ccc(-n3c4ccccc4c4ccccc43)cc2c2cc(-n3c4ccccc4c4ccccc43)ccc21. The lowest BCUT2D eigenvalue weighted by Gasteiger charge is -2.19. The Balaban J connectivity index is 0.850. The van der Waals surface area contributed by atoms with Gasteiger partial charge in [0, 0.05) is 99.1 Å². The van der Waals surface area contributed by atoms with Crippen LogP contribution in [0.3, 0.4) is 0 Å².